The molecule has 3 N–H and O–H groups in total. The fourth-order valence-corrected chi connectivity index (χ4v) is 5.00. The van der Waals surface area contributed by atoms with Crippen molar-refractivity contribution in [3.63, 3.8) is 0 Å². The van der Waals surface area contributed by atoms with Crippen molar-refractivity contribution in [2.45, 2.75) is 30.6 Å². The Balaban J connectivity index is 1.20. The van der Waals surface area contributed by atoms with Gasteiger partial charge in [0.1, 0.15) is 11.6 Å². The van der Waals surface area contributed by atoms with Crippen LogP contribution in [0.15, 0.2) is 35.2 Å². The van der Waals surface area contributed by atoms with Crippen LogP contribution in [0.2, 0.25) is 0 Å². The standard InChI is InChI=1S/C25H38N8S2/c1-31(18-12-27-25(34)28-20-7-9-21(35-2)10-8-20)17-11-26-22-19-23(32-13-3-4-14-32)30-24(29-22)33-15-5-6-16-33/h7-10,19H,3-6,11-18H2,1-2H3,(H,26,29,30)(H2,27,28,34). The van der Waals surface area contributed by atoms with Crippen molar-refractivity contribution in [1.29, 1.82) is 0 Å². The van der Waals surface area contributed by atoms with Gasteiger partial charge in [0.05, 0.1) is 0 Å². The van der Waals surface area contributed by atoms with Crippen molar-refractivity contribution in [3.05, 3.63) is 30.3 Å². The van der Waals surface area contributed by atoms with Crippen LogP contribution >= 0.6 is 24.0 Å². The van der Waals surface area contributed by atoms with Crippen LogP contribution in [0.25, 0.3) is 0 Å². The van der Waals surface area contributed by atoms with Gasteiger partial charge in [0, 0.05) is 69.0 Å². The number of rotatable bonds is 11. The topological polar surface area (TPSA) is 71.6 Å². The quantitative estimate of drug-likeness (QED) is 0.305. The first kappa shape index (κ1) is 25.8. The normalized spacial score (nSPS) is 15.6. The van der Waals surface area contributed by atoms with Gasteiger partial charge < -0.3 is 30.7 Å². The first-order chi connectivity index (χ1) is 17.1. The van der Waals surface area contributed by atoms with Gasteiger partial charge in [-0.25, -0.2) is 0 Å². The van der Waals surface area contributed by atoms with Gasteiger partial charge in [-0.1, -0.05) is 0 Å². The summed E-state index contributed by atoms with van der Waals surface area (Å²) in [7, 11) is 2.13. The second-order valence-corrected chi connectivity index (χ2v) is 10.4. The number of hydrogen-bond donors (Lipinski definition) is 3. The molecule has 190 valence electrons. The molecule has 0 atom stereocenters. The zero-order valence-corrected chi connectivity index (χ0v) is 22.6. The Morgan fingerprint density at radius 3 is 2.31 bits per heavy atom. The molecule has 0 bridgehead atoms. The number of benzene rings is 1. The lowest BCUT2D eigenvalue weighted by Gasteiger charge is -2.22. The molecule has 35 heavy (non-hydrogen) atoms. The first-order valence-electron chi connectivity index (χ1n) is 12.6. The highest BCUT2D eigenvalue weighted by atomic mass is 32.2. The molecule has 1 aromatic heterocycles. The van der Waals surface area contributed by atoms with Gasteiger partial charge in [0.25, 0.3) is 0 Å². The van der Waals surface area contributed by atoms with Crippen molar-refractivity contribution in [2.24, 2.45) is 0 Å². The van der Waals surface area contributed by atoms with Crippen molar-refractivity contribution in [1.82, 2.24) is 20.2 Å². The molecule has 0 aliphatic carbocycles. The monoisotopic (exact) mass is 514 g/mol. The zero-order chi connectivity index (χ0) is 24.5. The fourth-order valence-electron chi connectivity index (χ4n) is 4.38. The molecule has 0 saturated carbocycles. The van der Waals surface area contributed by atoms with E-state index in [-0.39, 0.29) is 0 Å². The molecule has 8 nitrogen and oxygen atoms in total. The number of thiocarbonyl (C=S) groups is 1. The van der Waals surface area contributed by atoms with Crippen LogP contribution in [-0.2, 0) is 0 Å². The van der Waals surface area contributed by atoms with Crippen LogP contribution in [-0.4, -0.2) is 85.6 Å². The van der Waals surface area contributed by atoms with E-state index in [0.29, 0.717) is 5.11 Å². The van der Waals surface area contributed by atoms with E-state index in [1.165, 1.54) is 30.6 Å². The maximum absolute atomic E-state index is 5.44. The summed E-state index contributed by atoms with van der Waals surface area (Å²) < 4.78 is 0. The molecular formula is C25H38N8S2. The van der Waals surface area contributed by atoms with E-state index in [9.17, 15) is 0 Å². The van der Waals surface area contributed by atoms with Gasteiger partial charge in [-0.05, 0) is 75.5 Å². The van der Waals surface area contributed by atoms with Gasteiger partial charge in [-0.3, -0.25) is 0 Å². The molecule has 4 rings (SSSR count). The van der Waals surface area contributed by atoms with E-state index in [1.807, 2.05) is 0 Å². The van der Waals surface area contributed by atoms with E-state index < -0.39 is 0 Å². The van der Waals surface area contributed by atoms with Crippen molar-refractivity contribution in [2.75, 3.05) is 86.1 Å². The summed E-state index contributed by atoms with van der Waals surface area (Å²) in [6, 6.07) is 10.4. The van der Waals surface area contributed by atoms with Crippen molar-refractivity contribution >= 4 is 52.4 Å². The van der Waals surface area contributed by atoms with Gasteiger partial charge in [-0.15, -0.1) is 11.8 Å². The summed E-state index contributed by atoms with van der Waals surface area (Å²) in [6.45, 7) is 7.72. The summed E-state index contributed by atoms with van der Waals surface area (Å²) in [4.78, 5) is 18.0. The Morgan fingerprint density at radius 1 is 0.971 bits per heavy atom. The van der Waals surface area contributed by atoms with E-state index in [2.05, 4.69) is 74.3 Å². The van der Waals surface area contributed by atoms with Gasteiger partial charge in [0.2, 0.25) is 5.95 Å². The Labute approximate surface area is 219 Å². The molecule has 2 aliphatic rings. The number of nitrogens with one attached hydrogen (secondary N) is 3. The average molecular weight is 515 g/mol. The lowest BCUT2D eigenvalue weighted by atomic mass is 10.3. The second-order valence-electron chi connectivity index (χ2n) is 9.14. The Morgan fingerprint density at radius 2 is 1.63 bits per heavy atom. The molecule has 2 saturated heterocycles. The number of likely N-dealkylation sites (N-methyl/N-ethyl adjacent to an activating group) is 1. The lowest BCUT2D eigenvalue weighted by Crippen LogP contribution is -2.36. The summed E-state index contributed by atoms with van der Waals surface area (Å²) in [5, 5.41) is 10.7. The van der Waals surface area contributed by atoms with E-state index in [4.69, 9.17) is 22.2 Å². The number of hydrogen-bond acceptors (Lipinski definition) is 8. The average Bonchev–Trinajstić information content (AvgIpc) is 3.59. The van der Waals surface area contributed by atoms with E-state index >= 15 is 0 Å². The van der Waals surface area contributed by atoms with Gasteiger partial charge in [0.15, 0.2) is 5.11 Å². The minimum atomic E-state index is 0.651. The summed E-state index contributed by atoms with van der Waals surface area (Å²) >= 11 is 7.17. The van der Waals surface area contributed by atoms with E-state index in [0.717, 1.165) is 75.6 Å². The first-order valence-corrected chi connectivity index (χ1v) is 14.2. The van der Waals surface area contributed by atoms with Gasteiger partial charge in [-0.2, -0.15) is 9.97 Å². The third kappa shape index (κ3) is 7.85. The van der Waals surface area contributed by atoms with Crippen LogP contribution in [0.5, 0.6) is 0 Å². The molecule has 2 aromatic rings. The molecule has 0 unspecified atom stereocenters. The number of thioether (sulfide) groups is 1. The highest BCUT2D eigenvalue weighted by Gasteiger charge is 2.20. The highest BCUT2D eigenvalue weighted by molar-refractivity contribution is 7.98. The Kier molecular flexibility index (Phi) is 9.67. The molecule has 3 heterocycles. The maximum atomic E-state index is 5.44. The lowest BCUT2D eigenvalue weighted by molar-refractivity contribution is 0.352. The number of aromatic nitrogens is 2. The largest absolute Gasteiger partial charge is 0.369 e. The zero-order valence-electron chi connectivity index (χ0n) is 20.9. The molecule has 10 heteroatoms. The molecule has 2 aliphatic heterocycles. The summed E-state index contributed by atoms with van der Waals surface area (Å²) in [5.74, 6) is 2.85. The van der Waals surface area contributed by atoms with Crippen LogP contribution in [0.3, 0.4) is 0 Å². The minimum absolute atomic E-state index is 0.651. The SMILES string of the molecule is CSc1ccc(NC(=S)NCCN(C)CCNc2cc(N3CCCC3)nc(N3CCCC3)n2)cc1. The van der Waals surface area contributed by atoms with Crippen molar-refractivity contribution < 1.29 is 0 Å². The predicted molar refractivity (Wildman–Crippen MR) is 153 cm³/mol. The summed E-state index contributed by atoms with van der Waals surface area (Å²) in [5.41, 5.74) is 1.00. The molecule has 0 radical (unpaired) electrons. The maximum Gasteiger partial charge on any atom is 0.229 e. The van der Waals surface area contributed by atoms with Gasteiger partial charge >= 0.3 is 0 Å². The number of anilines is 4. The van der Waals surface area contributed by atoms with Crippen LogP contribution in [0.4, 0.5) is 23.3 Å². The number of nitrogens with zero attached hydrogens (tertiary/aromatic N) is 5. The van der Waals surface area contributed by atoms with Crippen LogP contribution < -0.4 is 25.8 Å². The Hall–Kier alpha value is -2.30. The third-order valence-electron chi connectivity index (χ3n) is 6.45. The summed E-state index contributed by atoms with van der Waals surface area (Å²) in [6.07, 6.45) is 7.01. The highest BCUT2D eigenvalue weighted by Crippen LogP contribution is 2.25. The molecule has 2 fully saturated rings. The Bertz CT molecular complexity index is 909. The smallest absolute Gasteiger partial charge is 0.229 e. The fraction of sp³-hybridized carbons (Fsp3) is 0.560. The molecular weight excluding hydrogens is 476 g/mol. The van der Waals surface area contributed by atoms with E-state index in [1.54, 1.807) is 11.8 Å². The molecule has 0 amide bonds. The third-order valence-corrected chi connectivity index (χ3v) is 7.44. The second kappa shape index (κ2) is 13.1. The predicted octanol–water partition coefficient (Wildman–Crippen LogP) is 3.73. The molecule has 1 aromatic carbocycles. The molecule has 0 spiro atoms. The van der Waals surface area contributed by atoms with Crippen LogP contribution in [0.1, 0.15) is 25.7 Å². The van der Waals surface area contributed by atoms with Crippen LogP contribution in [0, 0.1) is 0 Å². The van der Waals surface area contributed by atoms with Crippen molar-refractivity contribution in [3.8, 4) is 0 Å². The minimum Gasteiger partial charge on any atom is -0.369 e.